The second kappa shape index (κ2) is 7.89. The van der Waals surface area contributed by atoms with Crippen LogP contribution in [0.3, 0.4) is 0 Å². The number of aryl methyl sites for hydroxylation is 1. The van der Waals surface area contributed by atoms with Crippen LogP contribution >= 0.6 is 23.2 Å². The van der Waals surface area contributed by atoms with Crippen molar-refractivity contribution in [2.24, 2.45) is 0 Å². The number of hydrogen-bond donors (Lipinski definition) is 0. The monoisotopic (exact) mass is 389 g/mol. The number of carbonyl (C=O) groups excluding carboxylic acids is 1. The van der Waals surface area contributed by atoms with E-state index in [2.05, 4.69) is 9.97 Å². The summed E-state index contributed by atoms with van der Waals surface area (Å²) < 4.78 is 5.48. The van der Waals surface area contributed by atoms with E-state index in [0.29, 0.717) is 28.2 Å². The van der Waals surface area contributed by atoms with Gasteiger partial charge in [-0.1, -0.05) is 41.4 Å². The quantitative estimate of drug-likeness (QED) is 0.653. The van der Waals surface area contributed by atoms with E-state index in [1.807, 2.05) is 31.2 Å². The third-order valence-corrected chi connectivity index (χ3v) is 4.42. The summed E-state index contributed by atoms with van der Waals surface area (Å²) in [6.07, 6.45) is 0. The molecule has 7 heteroatoms. The zero-order valence-electron chi connectivity index (χ0n) is 14.4. The molecule has 0 fully saturated rings. The number of halogens is 2. The second-order valence-corrected chi connectivity index (χ2v) is 6.70. The number of amides is 1. The lowest BCUT2D eigenvalue weighted by atomic mass is 10.2. The van der Waals surface area contributed by atoms with E-state index >= 15 is 0 Å². The number of fused-ring (bicyclic) bond motifs is 1. The van der Waals surface area contributed by atoms with Crippen LogP contribution in [-0.2, 0) is 11.3 Å². The molecule has 0 aliphatic heterocycles. The molecule has 0 spiro atoms. The molecule has 0 radical (unpaired) electrons. The lowest BCUT2D eigenvalue weighted by Crippen LogP contribution is -2.31. The Bertz CT molecular complexity index is 963. The van der Waals surface area contributed by atoms with Crippen LogP contribution in [-0.4, -0.2) is 34.4 Å². The molecule has 0 aliphatic rings. The number of rotatable bonds is 5. The van der Waals surface area contributed by atoms with Crippen LogP contribution in [0.15, 0.2) is 42.5 Å². The van der Waals surface area contributed by atoms with Crippen molar-refractivity contribution in [1.29, 1.82) is 0 Å². The maximum absolute atomic E-state index is 12.3. The van der Waals surface area contributed by atoms with Gasteiger partial charge in [-0.2, -0.15) is 0 Å². The summed E-state index contributed by atoms with van der Waals surface area (Å²) in [4.78, 5) is 22.8. The molecule has 26 heavy (non-hydrogen) atoms. The van der Waals surface area contributed by atoms with Gasteiger partial charge < -0.3 is 9.64 Å². The number of benzene rings is 2. The molecule has 134 valence electrons. The maximum Gasteiger partial charge on any atom is 0.260 e. The molecule has 0 saturated carbocycles. The van der Waals surface area contributed by atoms with Crippen LogP contribution in [0, 0.1) is 6.92 Å². The standard InChI is InChI=1S/C19H17Cl2N3O2/c1-12-14-5-3-4-6-16(14)23-18(22-12)10-24(2)19(25)11-26-17-8-7-13(20)9-15(17)21/h3-9H,10-11H2,1-2H3. The molecule has 0 saturated heterocycles. The van der Waals surface area contributed by atoms with Gasteiger partial charge in [0.05, 0.1) is 17.1 Å². The molecular formula is C19H17Cl2N3O2. The highest BCUT2D eigenvalue weighted by molar-refractivity contribution is 6.35. The Morgan fingerprint density at radius 1 is 1.15 bits per heavy atom. The van der Waals surface area contributed by atoms with Gasteiger partial charge in [0.15, 0.2) is 6.61 Å². The van der Waals surface area contributed by atoms with Gasteiger partial charge in [0.1, 0.15) is 11.6 Å². The van der Waals surface area contributed by atoms with Crippen molar-refractivity contribution < 1.29 is 9.53 Å². The molecule has 0 N–H and O–H groups in total. The third kappa shape index (κ3) is 4.23. The fraction of sp³-hybridized carbons (Fsp3) is 0.211. The van der Waals surface area contributed by atoms with E-state index in [4.69, 9.17) is 27.9 Å². The number of aromatic nitrogens is 2. The van der Waals surface area contributed by atoms with Crippen LogP contribution in [0.2, 0.25) is 10.0 Å². The summed E-state index contributed by atoms with van der Waals surface area (Å²) in [5.74, 6) is 0.794. The lowest BCUT2D eigenvalue weighted by Gasteiger charge is -2.17. The van der Waals surface area contributed by atoms with E-state index in [0.717, 1.165) is 16.6 Å². The van der Waals surface area contributed by atoms with Crippen molar-refractivity contribution in [3.8, 4) is 5.75 Å². The number of hydrogen-bond acceptors (Lipinski definition) is 4. The van der Waals surface area contributed by atoms with E-state index < -0.39 is 0 Å². The van der Waals surface area contributed by atoms with Crippen LogP contribution in [0.5, 0.6) is 5.75 Å². The minimum absolute atomic E-state index is 0.135. The van der Waals surface area contributed by atoms with Crippen molar-refractivity contribution in [2.75, 3.05) is 13.7 Å². The number of ether oxygens (including phenoxy) is 1. The summed E-state index contributed by atoms with van der Waals surface area (Å²) in [5, 5.41) is 1.88. The van der Waals surface area contributed by atoms with Crippen molar-refractivity contribution in [3.05, 3.63) is 64.0 Å². The summed E-state index contributed by atoms with van der Waals surface area (Å²) in [5.41, 5.74) is 1.75. The largest absolute Gasteiger partial charge is 0.482 e. The SMILES string of the molecule is Cc1nc(CN(C)C(=O)COc2ccc(Cl)cc2Cl)nc2ccccc12. The van der Waals surface area contributed by atoms with Gasteiger partial charge in [-0.3, -0.25) is 4.79 Å². The van der Waals surface area contributed by atoms with Crippen molar-refractivity contribution in [3.63, 3.8) is 0 Å². The summed E-state index contributed by atoms with van der Waals surface area (Å²) in [6.45, 7) is 2.09. The van der Waals surface area contributed by atoms with E-state index in [9.17, 15) is 4.79 Å². The predicted octanol–water partition coefficient (Wildman–Crippen LogP) is 4.28. The normalized spacial score (nSPS) is 10.8. The Morgan fingerprint density at radius 2 is 1.92 bits per heavy atom. The predicted molar refractivity (Wildman–Crippen MR) is 103 cm³/mol. The van der Waals surface area contributed by atoms with Gasteiger partial charge in [-0.05, 0) is 31.2 Å². The highest BCUT2D eigenvalue weighted by Crippen LogP contribution is 2.27. The molecule has 0 atom stereocenters. The summed E-state index contributed by atoms with van der Waals surface area (Å²) in [6, 6.07) is 12.6. The lowest BCUT2D eigenvalue weighted by molar-refractivity contribution is -0.132. The average Bonchev–Trinajstić information content (AvgIpc) is 2.60. The average molecular weight is 390 g/mol. The maximum atomic E-state index is 12.3. The molecule has 2 aromatic carbocycles. The van der Waals surface area contributed by atoms with Crippen LogP contribution in [0.4, 0.5) is 0 Å². The first-order valence-corrected chi connectivity index (χ1v) is 8.73. The molecule has 1 amide bonds. The van der Waals surface area contributed by atoms with Gasteiger partial charge in [-0.25, -0.2) is 9.97 Å². The topological polar surface area (TPSA) is 55.3 Å². The Hall–Kier alpha value is -2.37. The molecule has 0 aliphatic carbocycles. The molecule has 5 nitrogen and oxygen atoms in total. The smallest absolute Gasteiger partial charge is 0.260 e. The summed E-state index contributed by atoms with van der Waals surface area (Å²) >= 11 is 11.9. The van der Waals surface area contributed by atoms with E-state index in [-0.39, 0.29) is 12.5 Å². The summed E-state index contributed by atoms with van der Waals surface area (Å²) in [7, 11) is 1.68. The minimum Gasteiger partial charge on any atom is -0.482 e. The number of carbonyl (C=O) groups is 1. The fourth-order valence-corrected chi connectivity index (χ4v) is 2.97. The Kier molecular flexibility index (Phi) is 5.59. The van der Waals surface area contributed by atoms with Gasteiger partial charge in [0, 0.05) is 23.2 Å². The van der Waals surface area contributed by atoms with Gasteiger partial charge in [-0.15, -0.1) is 0 Å². The molecule has 3 aromatic rings. The number of likely N-dealkylation sites (N-methyl/N-ethyl adjacent to an activating group) is 1. The second-order valence-electron chi connectivity index (χ2n) is 5.86. The molecule has 1 heterocycles. The van der Waals surface area contributed by atoms with E-state index in [1.54, 1.807) is 25.2 Å². The molecule has 1 aromatic heterocycles. The van der Waals surface area contributed by atoms with Crippen LogP contribution < -0.4 is 4.74 Å². The first-order valence-electron chi connectivity index (χ1n) is 7.98. The number of nitrogens with zero attached hydrogens (tertiary/aromatic N) is 3. The third-order valence-electron chi connectivity index (χ3n) is 3.89. The number of para-hydroxylation sites is 1. The van der Waals surface area contributed by atoms with Gasteiger partial charge in [0.25, 0.3) is 5.91 Å². The van der Waals surface area contributed by atoms with Crippen molar-refractivity contribution in [2.45, 2.75) is 13.5 Å². The van der Waals surface area contributed by atoms with Crippen molar-refractivity contribution >= 4 is 40.0 Å². The molecular weight excluding hydrogens is 373 g/mol. The molecule has 0 unspecified atom stereocenters. The highest BCUT2D eigenvalue weighted by Gasteiger charge is 2.14. The van der Waals surface area contributed by atoms with Crippen LogP contribution in [0.25, 0.3) is 10.9 Å². The Balaban J connectivity index is 1.65. The highest BCUT2D eigenvalue weighted by atomic mass is 35.5. The zero-order chi connectivity index (χ0) is 18.7. The van der Waals surface area contributed by atoms with Gasteiger partial charge in [0.2, 0.25) is 0 Å². The zero-order valence-corrected chi connectivity index (χ0v) is 15.9. The molecule has 0 bridgehead atoms. The van der Waals surface area contributed by atoms with Crippen molar-refractivity contribution in [1.82, 2.24) is 14.9 Å². The fourth-order valence-electron chi connectivity index (χ4n) is 2.51. The van der Waals surface area contributed by atoms with E-state index in [1.165, 1.54) is 4.90 Å². The van der Waals surface area contributed by atoms with Crippen LogP contribution in [0.1, 0.15) is 11.5 Å². The Labute approximate surface area is 161 Å². The van der Waals surface area contributed by atoms with Gasteiger partial charge >= 0.3 is 0 Å². The first-order chi connectivity index (χ1) is 12.4. The molecule has 3 rings (SSSR count). The minimum atomic E-state index is -0.203. The Morgan fingerprint density at radius 3 is 2.69 bits per heavy atom. The first kappa shape index (κ1) is 18.4.